The topological polar surface area (TPSA) is 82.2 Å². The van der Waals surface area contributed by atoms with Crippen LogP contribution in [0, 0.1) is 0 Å². The molecule has 0 bridgehead atoms. The average molecular weight is 430 g/mol. The number of halogens is 3. The van der Waals surface area contributed by atoms with Gasteiger partial charge in [-0.3, -0.25) is 4.79 Å². The molecular formula is C21H21F3N6O. The van der Waals surface area contributed by atoms with Gasteiger partial charge >= 0.3 is 6.18 Å². The molecule has 1 unspecified atom stereocenters. The predicted molar refractivity (Wildman–Crippen MR) is 112 cm³/mol. The van der Waals surface area contributed by atoms with Crippen molar-refractivity contribution in [3.63, 3.8) is 0 Å². The molecule has 0 saturated carbocycles. The van der Waals surface area contributed by atoms with Gasteiger partial charge in [0.2, 0.25) is 5.91 Å². The Bertz CT molecular complexity index is 1110. The van der Waals surface area contributed by atoms with E-state index in [1.165, 1.54) is 6.92 Å². The number of hydrogen-bond donors (Lipinski definition) is 3. The lowest BCUT2D eigenvalue weighted by atomic mass is 10.0. The van der Waals surface area contributed by atoms with Crippen molar-refractivity contribution in [3.05, 3.63) is 60.2 Å². The summed E-state index contributed by atoms with van der Waals surface area (Å²) < 4.78 is 37.3. The van der Waals surface area contributed by atoms with Crippen molar-refractivity contribution in [1.82, 2.24) is 25.5 Å². The van der Waals surface area contributed by atoms with E-state index in [9.17, 15) is 18.0 Å². The highest BCUT2D eigenvalue weighted by atomic mass is 19.4. The zero-order valence-electron chi connectivity index (χ0n) is 16.9. The Morgan fingerprint density at radius 1 is 1.26 bits per heavy atom. The number of carbonyl (C=O) groups excluding carboxylic acids is 1. The van der Waals surface area contributed by atoms with Crippen LogP contribution >= 0.6 is 0 Å². The summed E-state index contributed by atoms with van der Waals surface area (Å²) >= 11 is 0. The maximum absolute atomic E-state index is 12.4. The van der Waals surface area contributed by atoms with Crippen molar-refractivity contribution < 1.29 is 18.0 Å². The first-order valence-corrected chi connectivity index (χ1v) is 9.68. The summed E-state index contributed by atoms with van der Waals surface area (Å²) in [6.07, 6.45) is 3.14. The van der Waals surface area contributed by atoms with Crippen LogP contribution in [0.15, 0.2) is 54.4 Å². The van der Waals surface area contributed by atoms with Gasteiger partial charge in [-0.15, -0.1) is 0 Å². The lowest BCUT2D eigenvalue weighted by Gasteiger charge is -2.29. The van der Waals surface area contributed by atoms with Crippen LogP contribution in [0.5, 0.6) is 0 Å². The molecule has 4 rings (SSSR count). The number of benzene rings is 1. The van der Waals surface area contributed by atoms with Gasteiger partial charge in [0.05, 0.1) is 5.52 Å². The van der Waals surface area contributed by atoms with Crippen molar-refractivity contribution in [2.45, 2.75) is 25.3 Å². The molecule has 7 nitrogen and oxygen atoms in total. The van der Waals surface area contributed by atoms with Gasteiger partial charge in [-0.2, -0.15) is 13.2 Å². The molecule has 0 saturated heterocycles. The molecular weight excluding hydrogens is 409 g/mol. The Kier molecular flexibility index (Phi) is 5.30. The molecule has 10 heteroatoms. The second kappa shape index (κ2) is 7.93. The Hall–Kier alpha value is -3.56. The van der Waals surface area contributed by atoms with Gasteiger partial charge in [-0.05, 0) is 37.4 Å². The highest BCUT2D eigenvalue weighted by molar-refractivity contribution is 5.93. The minimum atomic E-state index is -4.47. The average Bonchev–Trinajstić information content (AvgIpc) is 3.22. The fraction of sp³-hybridized carbons (Fsp3) is 0.286. The summed E-state index contributed by atoms with van der Waals surface area (Å²) in [5.41, 5.74) is 2.49. The monoisotopic (exact) mass is 430 g/mol. The van der Waals surface area contributed by atoms with E-state index in [1.54, 1.807) is 6.07 Å². The molecule has 31 heavy (non-hydrogen) atoms. The number of nitrogens with one attached hydrogen (secondary N) is 3. The molecule has 1 aromatic carbocycles. The third kappa shape index (κ3) is 4.32. The van der Waals surface area contributed by atoms with Gasteiger partial charge in [0.15, 0.2) is 5.82 Å². The standard InChI is InChI=1S/C21H21F3N6O/c1-12(20(31)26-11-21(22,23)24)27-18-15-5-3-4-6-16(15)28-17(29-18)13-8-10-30(2)19-14(13)7-9-25-19/h3-10,12,19,25H,11H2,1-2H3,(H,26,31)(H,27,28,29)/t12-,19?/m1/s1. The van der Waals surface area contributed by atoms with Gasteiger partial charge in [0.25, 0.3) is 0 Å². The van der Waals surface area contributed by atoms with Crippen LogP contribution in [0.2, 0.25) is 0 Å². The van der Waals surface area contributed by atoms with Gasteiger partial charge in [0.1, 0.15) is 24.6 Å². The van der Waals surface area contributed by atoms with Crippen molar-refractivity contribution >= 4 is 28.2 Å². The van der Waals surface area contributed by atoms with E-state index in [-0.39, 0.29) is 6.17 Å². The summed E-state index contributed by atoms with van der Waals surface area (Å²) in [5.74, 6) is 0.0646. The Morgan fingerprint density at radius 2 is 2.03 bits per heavy atom. The molecule has 2 aliphatic rings. The number of fused-ring (bicyclic) bond motifs is 2. The highest BCUT2D eigenvalue weighted by Crippen LogP contribution is 2.31. The molecule has 162 valence electrons. The SMILES string of the molecule is C[C@@H](Nc1nc(C2=C3C=CNC3N(C)C=C2)nc2ccccc12)C(=O)NCC(F)(F)F. The van der Waals surface area contributed by atoms with Crippen molar-refractivity contribution in [2.24, 2.45) is 0 Å². The van der Waals surface area contributed by atoms with Crippen molar-refractivity contribution in [2.75, 3.05) is 18.9 Å². The van der Waals surface area contributed by atoms with Gasteiger partial charge in [0, 0.05) is 29.8 Å². The van der Waals surface area contributed by atoms with Crippen LogP contribution in [0.3, 0.4) is 0 Å². The van der Waals surface area contributed by atoms with E-state index in [2.05, 4.69) is 20.6 Å². The number of rotatable bonds is 5. The maximum atomic E-state index is 12.4. The molecule has 0 aliphatic carbocycles. The van der Waals surface area contributed by atoms with Gasteiger partial charge in [-0.1, -0.05) is 12.1 Å². The molecule has 1 amide bonds. The molecule has 2 atom stereocenters. The molecule has 0 fully saturated rings. The Balaban J connectivity index is 1.68. The van der Waals surface area contributed by atoms with Crippen LogP contribution in [0.25, 0.3) is 16.5 Å². The lowest BCUT2D eigenvalue weighted by molar-refractivity contribution is -0.138. The number of carbonyl (C=O) groups is 1. The fourth-order valence-corrected chi connectivity index (χ4v) is 3.48. The summed E-state index contributed by atoms with van der Waals surface area (Å²) in [6, 6.07) is 6.33. The Morgan fingerprint density at radius 3 is 2.81 bits per heavy atom. The first-order chi connectivity index (χ1) is 14.7. The van der Waals surface area contributed by atoms with E-state index in [0.29, 0.717) is 22.5 Å². The summed E-state index contributed by atoms with van der Waals surface area (Å²) in [4.78, 5) is 23.5. The number of para-hydroxylation sites is 1. The molecule has 0 spiro atoms. The van der Waals surface area contributed by atoms with Crippen LogP contribution in [-0.2, 0) is 4.79 Å². The Labute approximate surface area is 176 Å². The summed E-state index contributed by atoms with van der Waals surface area (Å²) in [5, 5.41) is 8.76. The normalized spacial score (nSPS) is 18.7. The first-order valence-electron chi connectivity index (χ1n) is 9.68. The van der Waals surface area contributed by atoms with Crippen LogP contribution < -0.4 is 16.0 Å². The number of allylic oxidation sites excluding steroid dienone is 2. The zero-order chi connectivity index (χ0) is 22.2. The van der Waals surface area contributed by atoms with Crippen LogP contribution in [0.1, 0.15) is 12.7 Å². The number of hydrogen-bond acceptors (Lipinski definition) is 6. The minimum absolute atomic E-state index is 0.0291. The van der Waals surface area contributed by atoms with Crippen molar-refractivity contribution in [3.8, 4) is 0 Å². The third-order valence-corrected chi connectivity index (χ3v) is 5.06. The van der Waals surface area contributed by atoms with Gasteiger partial charge in [-0.25, -0.2) is 9.97 Å². The number of alkyl halides is 3. The zero-order valence-corrected chi connectivity index (χ0v) is 16.9. The summed E-state index contributed by atoms with van der Waals surface area (Å²) in [6.45, 7) is 0.0994. The second-order valence-corrected chi connectivity index (χ2v) is 7.36. The number of anilines is 1. The smallest absolute Gasteiger partial charge is 0.368 e. The fourth-order valence-electron chi connectivity index (χ4n) is 3.48. The number of nitrogens with zero attached hydrogens (tertiary/aromatic N) is 3. The number of amides is 1. The molecule has 2 aliphatic heterocycles. The first kappa shape index (κ1) is 20.7. The van der Waals surface area contributed by atoms with Crippen molar-refractivity contribution in [1.29, 1.82) is 0 Å². The summed E-state index contributed by atoms with van der Waals surface area (Å²) in [7, 11) is 1.95. The van der Waals surface area contributed by atoms with E-state index in [0.717, 1.165) is 11.1 Å². The highest BCUT2D eigenvalue weighted by Gasteiger charge is 2.29. The van der Waals surface area contributed by atoms with E-state index >= 15 is 0 Å². The second-order valence-electron chi connectivity index (χ2n) is 7.36. The molecule has 3 heterocycles. The lowest BCUT2D eigenvalue weighted by Crippen LogP contribution is -2.42. The van der Waals surface area contributed by atoms with Gasteiger partial charge < -0.3 is 20.9 Å². The third-order valence-electron chi connectivity index (χ3n) is 5.06. The number of likely N-dealkylation sites (N-methyl/N-ethyl adjacent to an activating group) is 1. The molecule has 2 aromatic rings. The quantitative estimate of drug-likeness (QED) is 0.677. The minimum Gasteiger partial charge on any atom is -0.368 e. The van der Waals surface area contributed by atoms with E-state index in [1.807, 2.05) is 60.0 Å². The maximum Gasteiger partial charge on any atom is 0.405 e. The van der Waals surface area contributed by atoms with E-state index in [4.69, 9.17) is 0 Å². The van der Waals surface area contributed by atoms with Crippen LogP contribution in [-0.4, -0.2) is 52.8 Å². The molecule has 1 aromatic heterocycles. The predicted octanol–water partition coefficient (Wildman–Crippen LogP) is 2.76. The number of aromatic nitrogens is 2. The van der Waals surface area contributed by atoms with Crippen LogP contribution in [0.4, 0.5) is 19.0 Å². The largest absolute Gasteiger partial charge is 0.405 e. The molecule has 3 N–H and O–H groups in total. The van der Waals surface area contributed by atoms with E-state index < -0.39 is 24.7 Å². The molecule has 0 radical (unpaired) electrons.